The summed E-state index contributed by atoms with van der Waals surface area (Å²) < 4.78 is 12.3. The third kappa shape index (κ3) is 3.98. The third-order valence-corrected chi connectivity index (χ3v) is 4.89. The van der Waals surface area contributed by atoms with Crippen molar-refractivity contribution in [3.63, 3.8) is 0 Å². The molecule has 2 N–H and O–H groups in total. The first kappa shape index (κ1) is 19.5. The number of nitrogens with zero attached hydrogens (tertiary/aromatic N) is 2. The van der Waals surface area contributed by atoms with Gasteiger partial charge in [0, 0.05) is 30.5 Å². The maximum absolute atomic E-state index is 12.6. The van der Waals surface area contributed by atoms with E-state index in [1.807, 2.05) is 38.1 Å². The third-order valence-electron chi connectivity index (χ3n) is 4.89. The lowest BCUT2D eigenvalue weighted by Gasteiger charge is -2.12. The average molecular weight is 406 g/mol. The van der Waals surface area contributed by atoms with Crippen molar-refractivity contribution in [2.75, 3.05) is 12.1 Å². The highest BCUT2D eigenvalue weighted by Crippen LogP contribution is 2.32. The Labute approximate surface area is 173 Å². The number of hydrogen-bond acceptors (Lipinski definition) is 5. The van der Waals surface area contributed by atoms with Gasteiger partial charge in [0.25, 0.3) is 11.8 Å². The normalized spacial score (nSPS) is 11.9. The quantitative estimate of drug-likeness (QED) is 0.656. The Morgan fingerprint density at radius 3 is 2.73 bits per heavy atom. The summed E-state index contributed by atoms with van der Waals surface area (Å²) in [6.07, 6.45) is 1.59. The Balaban J connectivity index is 1.44. The number of ether oxygens (including phenoxy) is 2. The van der Waals surface area contributed by atoms with Crippen LogP contribution in [0.2, 0.25) is 0 Å². The number of carbonyl (C=O) groups is 2. The molecule has 8 heteroatoms. The van der Waals surface area contributed by atoms with Crippen LogP contribution >= 0.6 is 0 Å². The standard InChI is InChI=1S/C22H22N4O4/c1-3-26-18(8-9-24-26)22(28)25-17-11-16(6-4-14(17)2)21(27)23-12-15-5-7-19-20(10-15)30-13-29-19/h4-11H,3,12-13H2,1-2H3,(H,23,27)(H,25,28). The van der Waals surface area contributed by atoms with Crippen molar-refractivity contribution in [2.45, 2.75) is 26.9 Å². The molecule has 0 atom stereocenters. The van der Waals surface area contributed by atoms with E-state index in [4.69, 9.17) is 9.47 Å². The molecule has 0 saturated carbocycles. The minimum Gasteiger partial charge on any atom is -0.454 e. The van der Waals surface area contributed by atoms with Crippen LogP contribution in [0.25, 0.3) is 0 Å². The number of fused-ring (bicyclic) bond motifs is 1. The molecule has 0 fully saturated rings. The lowest BCUT2D eigenvalue weighted by Crippen LogP contribution is -2.23. The van der Waals surface area contributed by atoms with Crippen molar-refractivity contribution >= 4 is 17.5 Å². The zero-order chi connectivity index (χ0) is 21.1. The second-order valence-electron chi connectivity index (χ2n) is 6.89. The number of amides is 2. The van der Waals surface area contributed by atoms with E-state index in [1.54, 1.807) is 29.1 Å². The monoisotopic (exact) mass is 406 g/mol. The molecule has 8 nitrogen and oxygen atoms in total. The predicted octanol–water partition coefficient (Wildman–Crippen LogP) is 3.12. The second-order valence-corrected chi connectivity index (χ2v) is 6.89. The molecule has 30 heavy (non-hydrogen) atoms. The van der Waals surface area contributed by atoms with Gasteiger partial charge in [0.05, 0.1) is 0 Å². The minimum atomic E-state index is -0.268. The molecule has 1 aliphatic rings. The summed E-state index contributed by atoms with van der Waals surface area (Å²) in [5.74, 6) is 0.874. The lowest BCUT2D eigenvalue weighted by molar-refractivity contribution is 0.0949. The van der Waals surface area contributed by atoms with Crippen molar-refractivity contribution in [2.24, 2.45) is 0 Å². The molecular formula is C22H22N4O4. The van der Waals surface area contributed by atoms with E-state index >= 15 is 0 Å². The topological polar surface area (TPSA) is 94.5 Å². The summed E-state index contributed by atoms with van der Waals surface area (Å²) >= 11 is 0. The number of aryl methyl sites for hydroxylation is 2. The van der Waals surface area contributed by atoms with E-state index in [-0.39, 0.29) is 18.6 Å². The summed E-state index contributed by atoms with van der Waals surface area (Å²) in [5, 5.41) is 9.88. The number of nitrogens with one attached hydrogen (secondary N) is 2. The molecule has 2 heterocycles. The van der Waals surface area contributed by atoms with Gasteiger partial charge < -0.3 is 20.1 Å². The minimum absolute atomic E-state index is 0.210. The van der Waals surface area contributed by atoms with Gasteiger partial charge in [-0.1, -0.05) is 12.1 Å². The van der Waals surface area contributed by atoms with E-state index in [1.165, 1.54) is 0 Å². The van der Waals surface area contributed by atoms with Gasteiger partial charge in [-0.05, 0) is 55.3 Å². The van der Waals surface area contributed by atoms with E-state index in [9.17, 15) is 9.59 Å². The lowest BCUT2D eigenvalue weighted by atomic mass is 10.1. The van der Waals surface area contributed by atoms with E-state index < -0.39 is 0 Å². The van der Waals surface area contributed by atoms with Crippen molar-refractivity contribution in [1.82, 2.24) is 15.1 Å². The van der Waals surface area contributed by atoms with Crippen molar-refractivity contribution in [3.8, 4) is 11.5 Å². The molecule has 1 aliphatic heterocycles. The van der Waals surface area contributed by atoms with E-state index in [0.717, 1.165) is 11.1 Å². The molecule has 2 aromatic carbocycles. The first-order chi connectivity index (χ1) is 14.5. The Kier molecular flexibility index (Phi) is 5.38. The molecule has 1 aromatic heterocycles. The molecule has 0 aliphatic carbocycles. The number of rotatable bonds is 6. The van der Waals surface area contributed by atoms with Crippen LogP contribution in [0, 0.1) is 6.92 Å². The maximum atomic E-state index is 12.6. The number of aromatic nitrogens is 2. The fourth-order valence-corrected chi connectivity index (χ4v) is 3.20. The highest BCUT2D eigenvalue weighted by Gasteiger charge is 2.16. The first-order valence-electron chi connectivity index (χ1n) is 9.65. The highest BCUT2D eigenvalue weighted by atomic mass is 16.7. The van der Waals surface area contributed by atoms with E-state index in [2.05, 4.69) is 15.7 Å². The molecule has 0 spiro atoms. The number of benzene rings is 2. The van der Waals surface area contributed by atoms with Gasteiger partial charge >= 0.3 is 0 Å². The van der Waals surface area contributed by atoms with Crippen LogP contribution in [0.4, 0.5) is 5.69 Å². The fourth-order valence-electron chi connectivity index (χ4n) is 3.20. The van der Waals surface area contributed by atoms with Gasteiger partial charge in [0.1, 0.15) is 5.69 Å². The molecule has 0 unspecified atom stereocenters. The van der Waals surface area contributed by atoms with Gasteiger partial charge in [-0.25, -0.2) is 0 Å². The fraction of sp³-hybridized carbons (Fsp3) is 0.227. The maximum Gasteiger partial charge on any atom is 0.273 e. The summed E-state index contributed by atoms with van der Waals surface area (Å²) in [5.41, 5.74) is 3.27. The summed E-state index contributed by atoms with van der Waals surface area (Å²) in [6, 6.07) is 12.4. The van der Waals surface area contributed by atoms with Crippen molar-refractivity contribution in [1.29, 1.82) is 0 Å². The van der Waals surface area contributed by atoms with Gasteiger partial charge in [-0.2, -0.15) is 5.10 Å². The largest absolute Gasteiger partial charge is 0.454 e. The van der Waals surface area contributed by atoms with Gasteiger partial charge in [-0.3, -0.25) is 14.3 Å². The van der Waals surface area contributed by atoms with Gasteiger partial charge in [0.2, 0.25) is 6.79 Å². The second kappa shape index (κ2) is 8.28. The Morgan fingerprint density at radius 2 is 1.90 bits per heavy atom. The molecule has 0 saturated heterocycles. The van der Waals surface area contributed by atoms with Crippen LogP contribution in [0.3, 0.4) is 0 Å². The van der Waals surface area contributed by atoms with Crippen molar-refractivity contribution < 1.29 is 19.1 Å². The predicted molar refractivity (Wildman–Crippen MR) is 111 cm³/mol. The van der Waals surface area contributed by atoms with Crippen LogP contribution < -0.4 is 20.1 Å². The van der Waals surface area contributed by atoms with Crippen molar-refractivity contribution in [3.05, 3.63) is 71.0 Å². The SMILES string of the molecule is CCn1nccc1C(=O)Nc1cc(C(=O)NCc2ccc3c(c2)OCO3)ccc1C. The molecule has 3 aromatic rings. The molecule has 2 amide bonds. The smallest absolute Gasteiger partial charge is 0.273 e. The zero-order valence-electron chi connectivity index (χ0n) is 16.8. The molecule has 4 rings (SSSR count). The molecule has 0 bridgehead atoms. The number of hydrogen-bond donors (Lipinski definition) is 2. The Morgan fingerprint density at radius 1 is 1.07 bits per heavy atom. The molecule has 154 valence electrons. The number of anilines is 1. The van der Waals surface area contributed by atoms with E-state index in [0.29, 0.717) is 41.5 Å². The van der Waals surface area contributed by atoms with Crippen LogP contribution in [0.1, 0.15) is 38.9 Å². The Bertz CT molecular complexity index is 1110. The summed E-state index contributed by atoms with van der Waals surface area (Å²) in [4.78, 5) is 25.2. The van der Waals surface area contributed by atoms with Crippen LogP contribution in [0.15, 0.2) is 48.7 Å². The molecular weight excluding hydrogens is 384 g/mol. The zero-order valence-corrected chi connectivity index (χ0v) is 16.8. The Hall–Kier alpha value is -3.81. The van der Waals surface area contributed by atoms with Gasteiger partial charge in [-0.15, -0.1) is 0 Å². The van der Waals surface area contributed by atoms with Crippen LogP contribution in [-0.2, 0) is 13.1 Å². The summed E-state index contributed by atoms with van der Waals surface area (Å²) in [7, 11) is 0. The highest BCUT2D eigenvalue weighted by molar-refractivity contribution is 6.04. The average Bonchev–Trinajstić information content (AvgIpc) is 3.42. The summed E-state index contributed by atoms with van der Waals surface area (Å²) in [6.45, 7) is 4.95. The van der Waals surface area contributed by atoms with Crippen LogP contribution in [0.5, 0.6) is 11.5 Å². The molecule has 0 radical (unpaired) electrons. The van der Waals surface area contributed by atoms with Gasteiger partial charge in [0.15, 0.2) is 11.5 Å². The number of carbonyl (C=O) groups excluding carboxylic acids is 2. The van der Waals surface area contributed by atoms with Crippen LogP contribution in [-0.4, -0.2) is 28.4 Å². The first-order valence-corrected chi connectivity index (χ1v) is 9.65.